The smallest absolute Gasteiger partial charge is 0.254 e. The van der Waals surface area contributed by atoms with E-state index in [9.17, 15) is 4.79 Å². The fourth-order valence-corrected chi connectivity index (χ4v) is 4.04. The normalized spacial score (nSPS) is 17.1. The third-order valence-corrected chi connectivity index (χ3v) is 5.40. The first-order chi connectivity index (χ1) is 14.1. The molecule has 2 heterocycles. The van der Waals surface area contributed by atoms with Gasteiger partial charge in [0.05, 0.1) is 35.5 Å². The summed E-state index contributed by atoms with van der Waals surface area (Å²) in [6.45, 7) is 2.60. The molecule has 29 heavy (non-hydrogen) atoms. The van der Waals surface area contributed by atoms with Crippen molar-refractivity contribution >= 4 is 28.5 Å². The van der Waals surface area contributed by atoms with Crippen molar-refractivity contribution in [1.29, 1.82) is 5.26 Å². The molecule has 146 valence electrons. The Labute approximate surface area is 170 Å². The zero-order chi connectivity index (χ0) is 20.4. The number of nitriles is 1. The lowest BCUT2D eigenvalue weighted by molar-refractivity contribution is 0.0798. The summed E-state index contributed by atoms with van der Waals surface area (Å²) in [6.07, 6.45) is 5.69. The fraction of sp³-hybridized carbons (Fsp3) is 0.292. The number of allylic oxidation sites excluding steroid dienone is 1. The number of carbonyl (C=O) groups is 1. The molecule has 0 N–H and O–H groups in total. The molecule has 0 aliphatic heterocycles. The van der Waals surface area contributed by atoms with Crippen molar-refractivity contribution in [3.8, 4) is 6.07 Å². The maximum Gasteiger partial charge on any atom is 0.254 e. The summed E-state index contributed by atoms with van der Waals surface area (Å²) in [5, 5.41) is 9.78. The van der Waals surface area contributed by atoms with Crippen molar-refractivity contribution in [3.63, 3.8) is 0 Å². The SMILES string of the molecule is CC1CC(=Cc2ccco2)c2nc3ccccc3c(C(=O)N(C)CCC#N)c2C1. The van der Waals surface area contributed by atoms with E-state index in [1.165, 1.54) is 0 Å². The Hall–Kier alpha value is -3.39. The molecule has 1 unspecified atom stereocenters. The number of hydrogen-bond acceptors (Lipinski definition) is 4. The molecule has 0 saturated carbocycles. The van der Waals surface area contributed by atoms with Gasteiger partial charge in [-0.2, -0.15) is 5.26 Å². The second kappa shape index (κ2) is 7.92. The molecular weight excluding hydrogens is 362 g/mol. The van der Waals surface area contributed by atoms with Gasteiger partial charge in [-0.3, -0.25) is 4.79 Å². The van der Waals surface area contributed by atoms with Gasteiger partial charge in [0.15, 0.2) is 0 Å². The predicted molar refractivity (Wildman–Crippen MR) is 113 cm³/mol. The first-order valence-electron chi connectivity index (χ1n) is 9.87. The first-order valence-corrected chi connectivity index (χ1v) is 9.87. The first kappa shape index (κ1) is 18.9. The number of amides is 1. The Balaban J connectivity index is 1.92. The molecule has 0 spiro atoms. The van der Waals surface area contributed by atoms with Gasteiger partial charge in [-0.15, -0.1) is 0 Å². The highest BCUT2D eigenvalue weighted by molar-refractivity contribution is 6.09. The number of benzene rings is 1. The highest BCUT2D eigenvalue weighted by atomic mass is 16.3. The molecule has 0 fully saturated rings. The quantitative estimate of drug-likeness (QED) is 0.638. The van der Waals surface area contributed by atoms with Crippen LogP contribution in [0.2, 0.25) is 0 Å². The number of nitrogens with zero attached hydrogens (tertiary/aromatic N) is 3. The van der Waals surface area contributed by atoms with Crippen LogP contribution in [0.4, 0.5) is 0 Å². The van der Waals surface area contributed by atoms with E-state index in [1.54, 1.807) is 18.2 Å². The maximum atomic E-state index is 13.4. The summed E-state index contributed by atoms with van der Waals surface area (Å²) in [6, 6.07) is 13.7. The Kier molecular flexibility index (Phi) is 5.18. The van der Waals surface area contributed by atoms with Gasteiger partial charge in [0.2, 0.25) is 0 Å². The van der Waals surface area contributed by atoms with Crippen LogP contribution in [0.3, 0.4) is 0 Å². The molecular formula is C24H23N3O2. The van der Waals surface area contributed by atoms with Crippen LogP contribution in [-0.2, 0) is 6.42 Å². The van der Waals surface area contributed by atoms with Crippen molar-refractivity contribution in [1.82, 2.24) is 9.88 Å². The summed E-state index contributed by atoms with van der Waals surface area (Å²) in [5.74, 6) is 1.12. The Morgan fingerprint density at radius 1 is 1.31 bits per heavy atom. The second-order valence-electron chi connectivity index (χ2n) is 7.66. The molecule has 0 bridgehead atoms. The van der Waals surface area contributed by atoms with Gasteiger partial charge in [0, 0.05) is 19.0 Å². The number of rotatable bonds is 4. The second-order valence-corrected chi connectivity index (χ2v) is 7.66. The Morgan fingerprint density at radius 3 is 2.90 bits per heavy atom. The predicted octanol–water partition coefficient (Wildman–Crippen LogP) is 4.94. The van der Waals surface area contributed by atoms with E-state index < -0.39 is 0 Å². The van der Waals surface area contributed by atoms with Crippen LogP contribution in [0.15, 0.2) is 47.1 Å². The van der Waals surface area contributed by atoms with Crippen LogP contribution in [0.25, 0.3) is 22.6 Å². The fourth-order valence-electron chi connectivity index (χ4n) is 4.04. The number of pyridine rings is 1. The molecule has 1 atom stereocenters. The molecule has 1 aliphatic rings. The average Bonchev–Trinajstić information content (AvgIpc) is 3.23. The molecule has 5 nitrogen and oxygen atoms in total. The highest BCUT2D eigenvalue weighted by Crippen LogP contribution is 2.38. The van der Waals surface area contributed by atoms with Crippen molar-refractivity contribution in [2.75, 3.05) is 13.6 Å². The van der Waals surface area contributed by atoms with Crippen molar-refractivity contribution in [3.05, 3.63) is 65.2 Å². The number of aromatic nitrogens is 1. The Bertz CT molecular complexity index is 1120. The molecule has 4 rings (SSSR count). The van der Waals surface area contributed by atoms with Crippen LogP contribution in [-0.4, -0.2) is 29.4 Å². The molecule has 0 radical (unpaired) electrons. The summed E-state index contributed by atoms with van der Waals surface area (Å²) >= 11 is 0. The van der Waals surface area contributed by atoms with E-state index in [1.807, 2.05) is 42.5 Å². The highest BCUT2D eigenvalue weighted by Gasteiger charge is 2.29. The molecule has 5 heteroatoms. The van der Waals surface area contributed by atoms with Crippen LogP contribution in [0.1, 0.15) is 47.1 Å². The van der Waals surface area contributed by atoms with Gasteiger partial charge < -0.3 is 9.32 Å². The van der Waals surface area contributed by atoms with Gasteiger partial charge in [-0.1, -0.05) is 25.1 Å². The van der Waals surface area contributed by atoms with Crippen LogP contribution >= 0.6 is 0 Å². The summed E-state index contributed by atoms with van der Waals surface area (Å²) in [4.78, 5) is 20.0. The van der Waals surface area contributed by atoms with E-state index in [0.717, 1.165) is 46.3 Å². The van der Waals surface area contributed by atoms with Crippen molar-refractivity contribution in [2.24, 2.45) is 5.92 Å². The lowest BCUT2D eigenvalue weighted by Crippen LogP contribution is -2.30. The molecule has 1 aliphatic carbocycles. The third-order valence-electron chi connectivity index (χ3n) is 5.40. The standard InChI is InChI=1S/C24H23N3O2/c1-16-13-17(15-18-7-5-12-29-18)23-20(14-16)22(24(28)27(2)11-6-10-25)19-8-3-4-9-21(19)26-23/h3-5,7-9,12,15-16H,6,11,13-14H2,1-2H3. The van der Waals surface area contributed by atoms with Crippen LogP contribution in [0, 0.1) is 17.2 Å². The largest absolute Gasteiger partial charge is 0.465 e. The summed E-state index contributed by atoms with van der Waals surface area (Å²) in [5.41, 5.74) is 4.49. The summed E-state index contributed by atoms with van der Waals surface area (Å²) < 4.78 is 5.52. The number of hydrogen-bond donors (Lipinski definition) is 0. The third kappa shape index (κ3) is 3.66. The number of carbonyl (C=O) groups excluding carboxylic acids is 1. The van der Waals surface area contributed by atoms with Gasteiger partial charge in [-0.25, -0.2) is 4.98 Å². The molecule has 1 aromatic carbocycles. The summed E-state index contributed by atoms with van der Waals surface area (Å²) in [7, 11) is 1.76. The van der Waals surface area contributed by atoms with Gasteiger partial charge in [0.25, 0.3) is 5.91 Å². The van der Waals surface area contributed by atoms with Gasteiger partial charge in [-0.05, 0) is 54.2 Å². The Morgan fingerprint density at radius 2 is 2.14 bits per heavy atom. The molecule has 0 saturated heterocycles. The van der Waals surface area contributed by atoms with Crippen molar-refractivity contribution in [2.45, 2.75) is 26.2 Å². The topological polar surface area (TPSA) is 70.1 Å². The lowest BCUT2D eigenvalue weighted by atomic mass is 9.80. The lowest BCUT2D eigenvalue weighted by Gasteiger charge is -2.28. The minimum absolute atomic E-state index is 0.0541. The maximum absolute atomic E-state index is 13.4. The molecule has 1 amide bonds. The van der Waals surface area contributed by atoms with Crippen molar-refractivity contribution < 1.29 is 9.21 Å². The van der Waals surface area contributed by atoms with E-state index in [4.69, 9.17) is 14.7 Å². The minimum atomic E-state index is -0.0541. The molecule has 2 aromatic heterocycles. The van der Waals surface area contributed by atoms with E-state index in [-0.39, 0.29) is 5.91 Å². The number of furan rings is 1. The minimum Gasteiger partial charge on any atom is -0.465 e. The van der Waals surface area contributed by atoms with Gasteiger partial charge >= 0.3 is 0 Å². The average molecular weight is 385 g/mol. The zero-order valence-electron chi connectivity index (χ0n) is 16.7. The monoisotopic (exact) mass is 385 g/mol. The van der Waals surface area contributed by atoms with Gasteiger partial charge in [0.1, 0.15) is 5.76 Å². The van der Waals surface area contributed by atoms with E-state index in [0.29, 0.717) is 24.4 Å². The van der Waals surface area contributed by atoms with Crippen LogP contribution < -0.4 is 0 Å². The van der Waals surface area contributed by atoms with Crippen LogP contribution in [0.5, 0.6) is 0 Å². The molecule has 3 aromatic rings. The number of fused-ring (bicyclic) bond motifs is 2. The van der Waals surface area contributed by atoms with E-state index >= 15 is 0 Å². The van der Waals surface area contributed by atoms with E-state index in [2.05, 4.69) is 13.0 Å². The number of para-hydroxylation sites is 1. The zero-order valence-corrected chi connectivity index (χ0v) is 16.7.